The summed E-state index contributed by atoms with van der Waals surface area (Å²) < 4.78 is 7.21. The summed E-state index contributed by atoms with van der Waals surface area (Å²) in [7, 11) is 0. The predicted molar refractivity (Wildman–Crippen MR) is 81.3 cm³/mol. The molecule has 2 N–H and O–H groups in total. The molecule has 0 bridgehead atoms. The van der Waals surface area contributed by atoms with Gasteiger partial charge >= 0.3 is 0 Å². The SMILES string of the molecule is CCOCCCNC(=S)NCCCn1cc(C)cn1. The van der Waals surface area contributed by atoms with E-state index in [1.165, 1.54) is 5.56 Å². The van der Waals surface area contributed by atoms with Crippen molar-refractivity contribution in [2.45, 2.75) is 33.2 Å². The molecule has 1 aromatic rings. The topological polar surface area (TPSA) is 51.1 Å². The highest BCUT2D eigenvalue weighted by molar-refractivity contribution is 7.80. The molecule has 0 radical (unpaired) electrons. The highest BCUT2D eigenvalue weighted by Gasteiger charge is 1.96. The summed E-state index contributed by atoms with van der Waals surface area (Å²) in [6.07, 6.45) is 5.90. The van der Waals surface area contributed by atoms with E-state index in [-0.39, 0.29) is 0 Å². The second-order valence-electron chi connectivity index (χ2n) is 4.37. The minimum absolute atomic E-state index is 0.716. The van der Waals surface area contributed by atoms with E-state index in [1.807, 2.05) is 30.9 Å². The molecule has 0 aliphatic rings. The summed E-state index contributed by atoms with van der Waals surface area (Å²) in [4.78, 5) is 0. The largest absolute Gasteiger partial charge is 0.382 e. The van der Waals surface area contributed by atoms with E-state index in [4.69, 9.17) is 17.0 Å². The summed E-state index contributed by atoms with van der Waals surface area (Å²) in [5, 5.41) is 11.3. The van der Waals surface area contributed by atoms with Gasteiger partial charge in [0.05, 0.1) is 6.20 Å². The maximum absolute atomic E-state index is 5.25. The van der Waals surface area contributed by atoms with Crippen molar-refractivity contribution in [3.63, 3.8) is 0 Å². The molecule has 0 fully saturated rings. The van der Waals surface area contributed by atoms with Crippen molar-refractivity contribution in [3.8, 4) is 0 Å². The number of nitrogens with zero attached hydrogens (tertiary/aromatic N) is 2. The van der Waals surface area contributed by atoms with Gasteiger partial charge in [0, 0.05) is 39.0 Å². The van der Waals surface area contributed by atoms with Crippen molar-refractivity contribution in [2.75, 3.05) is 26.3 Å². The third-order valence-corrected chi connectivity index (χ3v) is 2.86. The lowest BCUT2D eigenvalue weighted by molar-refractivity contribution is 0.145. The number of aromatic nitrogens is 2. The van der Waals surface area contributed by atoms with Crippen molar-refractivity contribution >= 4 is 17.3 Å². The van der Waals surface area contributed by atoms with Gasteiger partial charge in [-0.3, -0.25) is 4.68 Å². The Kier molecular flexibility index (Phi) is 8.16. The van der Waals surface area contributed by atoms with Gasteiger partial charge in [-0.25, -0.2) is 0 Å². The normalized spacial score (nSPS) is 10.4. The molecule has 0 atom stereocenters. The molecule has 0 spiro atoms. The Bertz CT molecular complexity index is 367. The Labute approximate surface area is 120 Å². The smallest absolute Gasteiger partial charge is 0.166 e. The first-order chi connectivity index (χ1) is 9.22. The number of aryl methyl sites for hydroxylation is 2. The van der Waals surface area contributed by atoms with Crippen LogP contribution < -0.4 is 10.6 Å². The number of nitrogens with one attached hydrogen (secondary N) is 2. The molecule has 108 valence electrons. The van der Waals surface area contributed by atoms with Gasteiger partial charge in [-0.15, -0.1) is 0 Å². The fourth-order valence-electron chi connectivity index (χ4n) is 1.62. The lowest BCUT2D eigenvalue weighted by Crippen LogP contribution is -2.36. The van der Waals surface area contributed by atoms with E-state index >= 15 is 0 Å². The predicted octanol–water partition coefficient (Wildman–Crippen LogP) is 1.47. The Balaban J connectivity index is 1.95. The van der Waals surface area contributed by atoms with Gasteiger partial charge < -0.3 is 15.4 Å². The van der Waals surface area contributed by atoms with E-state index in [0.29, 0.717) is 5.11 Å². The van der Waals surface area contributed by atoms with Crippen LogP contribution in [0.4, 0.5) is 0 Å². The van der Waals surface area contributed by atoms with Crippen LogP contribution in [0.3, 0.4) is 0 Å². The maximum Gasteiger partial charge on any atom is 0.166 e. The summed E-state index contributed by atoms with van der Waals surface area (Å²) in [6.45, 7) is 8.22. The fraction of sp³-hybridized carbons (Fsp3) is 0.692. The molecular formula is C13H24N4OS. The molecule has 1 rings (SSSR count). The average molecular weight is 284 g/mol. The van der Waals surface area contributed by atoms with Gasteiger partial charge in [-0.05, 0) is 44.5 Å². The maximum atomic E-state index is 5.25. The van der Waals surface area contributed by atoms with Crippen LogP contribution in [-0.2, 0) is 11.3 Å². The van der Waals surface area contributed by atoms with E-state index < -0.39 is 0 Å². The summed E-state index contributed by atoms with van der Waals surface area (Å²) in [5.41, 5.74) is 1.19. The van der Waals surface area contributed by atoms with Crippen LogP contribution in [-0.4, -0.2) is 41.2 Å². The highest BCUT2D eigenvalue weighted by atomic mass is 32.1. The molecular weight excluding hydrogens is 260 g/mol. The van der Waals surface area contributed by atoms with Crippen LogP contribution in [0.1, 0.15) is 25.3 Å². The first kappa shape index (κ1) is 15.9. The molecule has 6 heteroatoms. The molecule has 0 saturated carbocycles. The molecule has 0 aliphatic carbocycles. The van der Waals surface area contributed by atoms with Crippen LogP contribution in [0.15, 0.2) is 12.4 Å². The van der Waals surface area contributed by atoms with Crippen molar-refractivity contribution in [1.82, 2.24) is 20.4 Å². The zero-order valence-electron chi connectivity index (χ0n) is 11.8. The van der Waals surface area contributed by atoms with Gasteiger partial charge in [0.25, 0.3) is 0 Å². The van der Waals surface area contributed by atoms with Crippen LogP contribution in [0, 0.1) is 6.92 Å². The average Bonchev–Trinajstić information content (AvgIpc) is 2.80. The molecule has 5 nitrogen and oxygen atoms in total. The number of hydrogen-bond donors (Lipinski definition) is 2. The van der Waals surface area contributed by atoms with Crippen molar-refractivity contribution < 1.29 is 4.74 Å². The monoisotopic (exact) mass is 284 g/mol. The van der Waals surface area contributed by atoms with Gasteiger partial charge in [0.2, 0.25) is 0 Å². The summed E-state index contributed by atoms with van der Waals surface area (Å²) in [6, 6.07) is 0. The van der Waals surface area contributed by atoms with Crippen LogP contribution in [0.2, 0.25) is 0 Å². The number of rotatable bonds is 9. The van der Waals surface area contributed by atoms with Crippen molar-refractivity contribution in [2.24, 2.45) is 0 Å². The quantitative estimate of drug-likeness (QED) is 0.531. The van der Waals surface area contributed by atoms with Crippen LogP contribution in [0.5, 0.6) is 0 Å². The Morgan fingerprint density at radius 3 is 2.74 bits per heavy atom. The lowest BCUT2D eigenvalue weighted by atomic mass is 10.4. The second kappa shape index (κ2) is 9.75. The molecule has 0 aromatic carbocycles. The molecule has 0 unspecified atom stereocenters. The number of ether oxygens (including phenoxy) is 1. The zero-order chi connectivity index (χ0) is 13.9. The summed E-state index contributed by atoms with van der Waals surface area (Å²) in [5.74, 6) is 0. The van der Waals surface area contributed by atoms with Gasteiger partial charge in [-0.1, -0.05) is 0 Å². The van der Waals surface area contributed by atoms with E-state index in [2.05, 4.69) is 15.7 Å². The van der Waals surface area contributed by atoms with Gasteiger partial charge in [0.15, 0.2) is 5.11 Å². The number of thiocarbonyl (C=S) groups is 1. The highest BCUT2D eigenvalue weighted by Crippen LogP contribution is 1.95. The van der Waals surface area contributed by atoms with Crippen LogP contribution >= 0.6 is 12.2 Å². The van der Waals surface area contributed by atoms with E-state index in [0.717, 1.165) is 45.7 Å². The Morgan fingerprint density at radius 1 is 1.37 bits per heavy atom. The minimum atomic E-state index is 0.716. The first-order valence-electron chi connectivity index (χ1n) is 6.81. The first-order valence-corrected chi connectivity index (χ1v) is 7.21. The Hall–Kier alpha value is -1.14. The molecule has 0 amide bonds. The Morgan fingerprint density at radius 2 is 2.11 bits per heavy atom. The van der Waals surface area contributed by atoms with Gasteiger partial charge in [-0.2, -0.15) is 5.10 Å². The van der Waals surface area contributed by atoms with Gasteiger partial charge in [0.1, 0.15) is 0 Å². The second-order valence-corrected chi connectivity index (χ2v) is 4.78. The fourth-order valence-corrected chi connectivity index (χ4v) is 1.82. The van der Waals surface area contributed by atoms with Crippen molar-refractivity contribution in [3.05, 3.63) is 18.0 Å². The standard InChI is InChI=1S/C13H24N4OS/c1-3-18-9-5-7-15-13(19)14-6-4-8-17-11-12(2)10-16-17/h10-11H,3-9H2,1-2H3,(H2,14,15,19). The van der Waals surface area contributed by atoms with Crippen LogP contribution in [0.25, 0.3) is 0 Å². The van der Waals surface area contributed by atoms with Crippen molar-refractivity contribution in [1.29, 1.82) is 0 Å². The summed E-state index contributed by atoms with van der Waals surface area (Å²) >= 11 is 5.18. The zero-order valence-corrected chi connectivity index (χ0v) is 12.6. The minimum Gasteiger partial charge on any atom is -0.382 e. The third kappa shape index (κ3) is 7.79. The molecule has 1 aromatic heterocycles. The molecule has 0 aliphatic heterocycles. The lowest BCUT2D eigenvalue weighted by Gasteiger charge is -2.10. The third-order valence-electron chi connectivity index (χ3n) is 2.57. The molecule has 19 heavy (non-hydrogen) atoms. The molecule has 1 heterocycles. The number of hydrogen-bond acceptors (Lipinski definition) is 3. The molecule has 0 saturated heterocycles. The van der Waals surface area contributed by atoms with E-state index in [1.54, 1.807) is 0 Å². The van der Waals surface area contributed by atoms with E-state index in [9.17, 15) is 0 Å².